The van der Waals surface area contributed by atoms with Crippen molar-refractivity contribution in [3.63, 3.8) is 0 Å². The summed E-state index contributed by atoms with van der Waals surface area (Å²) < 4.78 is 0. The van der Waals surface area contributed by atoms with Gasteiger partial charge in [0.1, 0.15) is 11.7 Å². The van der Waals surface area contributed by atoms with Gasteiger partial charge in [-0.25, -0.2) is 0 Å². The zero-order valence-electron chi connectivity index (χ0n) is 9.35. The lowest BCUT2D eigenvalue weighted by atomic mass is 9.96. The molecule has 0 bridgehead atoms. The van der Waals surface area contributed by atoms with Crippen LogP contribution in [0.4, 0.5) is 0 Å². The molecule has 16 heavy (non-hydrogen) atoms. The van der Waals surface area contributed by atoms with E-state index in [2.05, 4.69) is 0 Å². The van der Waals surface area contributed by atoms with Crippen molar-refractivity contribution in [2.75, 3.05) is 0 Å². The van der Waals surface area contributed by atoms with Crippen LogP contribution in [0.1, 0.15) is 25.3 Å². The standard InChI is InChI=1S/C13H16O3/c1-10(14)12(13(15)16)9-5-8-11-6-3-2-4-7-11/h2-4,6-7,12H,5,8-9H2,1H3,(H,15,16). The van der Waals surface area contributed by atoms with E-state index in [0.29, 0.717) is 6.42 Å². The van der Waals surface area contributed by atoms with Crippen LogP contribution in [0.15, 0.2) is 30.3 Å². The summed E-state index contributed by atoms with van der Waals surface area (Å²) in [5, 5.41) is 8.82. The van der Waals surface area contributed by atoms with Gasteiger partial charge in [-0.2, -0.15) is 0 Å². The second-order valence-electron chi connectivity index (χ2n) is 3.88. The Balaban J connectivity index is 2.40. The third-order valence-corrected chi connectivity index (χ3v) is 2.59. The number of aliphatic carboxylic acids is 1. The van der Waals surface area contributed by atoms with Gasteiger partial charge in [0.15, 0.2) is 0 Å². The van der Waals surface area contributed by atoms with Gasteiger partial charge in [-0.05, 0) is 31.7 Å². The Morgan fingerprint density at radius 3 is 2.38 bits per heavy atom. The molecule has 1 aromatic carbocycles. The fourth-order valence-electron chi connectivity index (χ4n) is 1.66. The zero-order chi connectivity index (χ0) is 12.0. The highest BCUT2D eigenvalue weighted by Crippen LogP contribution is 2.12. The summed E-state index contributed by atoms with van der Waals surface area (Å²) in [6, 6.07) is 9.86. The molecule has 0 aliphatic heterocycles. The molecule has 1 aromatic rings. The SMILES string of the molecule is CC(=O)C(CCCc1ccccc1)C(=O)O. The Morgan fingerprint density at radius 2 is 1.88 bits per heavy atom. The fraction of sp³-hybridized carbons (Fsp3) is 0.385. The van der Waals surface area contributed by atoms with Crippen LogP contribution < -0.4 is 0 Å². The third kappa shape index (κ3) is 3.85. The first-order valence-corrected chi connectivity index (χ1v) is 5.38. The Morgan fingerprint density at radius 1 is 1.25 bits per heavy atom. The lowest BCUT2D eigenvalue weighted by Gasteiger charge is -2.08. The van der Waals surface area contributed by atoms with Crippen molar-refractivity contribution in [3.8, 4) is 0 Å². The molecular formula is C13H16O3. The number of hydrogen-bond donors (Lipinski definition) is 1. The van der Waals surface area contributed by atoms with Crippen molar-refractivity contribution in [1.82, 2.24) is 0 Å². The van der Waals surface area contributed by atoms with E-state index in [1.165, 1.54) is 12.5 Å². The number of ketones is 1. The van der Waals surface area contributed by atoms with Gasteiger partial charge in [-0.1, -0.05) is 30.3 Å². The van der Waals surface area contributed by atoms with Crippen LogP contribution in [0.5, 0.6) is 0 Å². The minimum atomic E-state index is -1.01. The molecule has 1 N–H and O–H groups in total. The second-order valence-corrected chi connectivity index (χ2v) is 3.88. The monoisotopic (exact) mass is 220 g/mol. The largest absolute Gasteiger partial charge is 0.481 e. The maximum Gasteiger partial charge on any atom is 0.314 e. The normalized spacial score (nSPS) is 12.1. The number of rotatable bonds is 6. The molecule has 0 fully saturated rings. The number of carbonyl (C=O) groups excluding carboxylic acids is 1. The van der Waals surface area contributed by atoms with E-state index in [1.807, 2.05) is 30.3 Å². The highest BCUT2D eigenvalue weighted by atomic mass is 16.4. The summed E-state index contributed by atoms with van der Waals surface area (Å²) in [4.78, 5) is 21.8. The molecule has 0 amide bonds. The highest BCUT2D eigenvalue weighted by molar-refractivity contribution is 5.96. The number of aryl methyl sites for hydroxylation is 1. The summed E-state index contributed by atoms with van der Waals surface area (Å²) >= 11 is 0. The average Bonchev–Trinajstić information content (AvgIpc) is 2.24. The van der Waals surface area contributed by atoms with Gasteiger partial charge in [0, 0.05) is 0 Å². The second kappa shape index (κ2) is 6.05. The van der Waals surface area contributed by atoms with Crippen LogP contribution in [-0.4, -0.2) is 16.9 Å². The number of Topliss-reactive ketones (excluding diaryl/α,β-unsaturated/α-hetero) is 1. The van der Waals surface area contributed by atoms with Gasteiger partial charge < -0.3 is 5.11 Å². The number of hydrogen-bond acceptors (Lipinski definition) is 2. The molecule has 0 radical (unpaired) electrons. The predicted octanol–water partition coefficient (Wildman–Crippen LogP) is 2.30. The van der Waals surface area contributed by atoms with Gasteiger partial charge in [-0.15, -0.1) is 0 Å². The maximum absolute atomic E-state index is 11.0. The fourth-order valence-corrected chi connectivity index (χ4v) is 1.66. The first-order chi connectivity index (χ1) is 7.61. The van der Waals surface area contributed by atoms with Crippen molar-refractivity contribution in [2.24, 2.45) is 5.92 Å². The molecule has 3 heteroatoms. The van der Waals surface area contributed by atoms with Crippen LogP contribution in [0.25, 0.3) is 0 Å². The minimum Gasteiger partial charge on any atom is -0.481 e. The molecule has 3 nitrogen and oxygen atoms in total. The summed E-state index contributed by atoms with van der Waals surface area (Å²) in [6.45, 7) is 1.33. The van der Waals surface area contributed by atoms with Crippen LogP contribution in [0.3, 0.4) is 0 Å². The highest BCUT2D eigenvalue weighted by Gasteiger charge is 2.21. The predicted molar refractivity (Wildman–Crippen MR) is 61.2 cm³/mol. The number of carboxylic acids is 1. The number of carboxylic acid groups (broad SMARTS) is 1. The topological polar surface area (TPSA) is 54.4 Å². The number of carbonyl (C=O) groups is 2. The quantitative estimate of drug-likeness (QED) is 0.748. The van der Waals surface area contributed by atoms with Gasteiger partial charge in [0.2, 0.25) is 0 Å². The van der Waals surface area contributed by atoms with Crippen LogP contribution >= 0.6 is 0 Å². The molecule has 0 heterocycles. The molecule has 0 saturated carbocycles. The molecule has 86 valence electrons. The van der Waals surface area contributed by atoms with Crippen LogP contribution in [-0.2, 0) is 16.0 Å². The first-order valence-electron chi connectivity index (χ1n) is 5.38. The van der Waals surface area contributed by atoms with Crippen molar-refractivity contribution in [2.45, 2.75) is 26.2 Å². The average molecular weight is 220 g/mol. The van der Waals surface area contributed by atoms with Gasteiger partial charge in [0.25, 0.3) is 0 Å². The van der Waals surface area contributed by atoms with E-state index in [1.54, 1.807) is 0 Å². The van der Waals surface area contributed by atoms with Crippen LogP contribution in [0.2, 0.25) is 0 Å². The smallest absolute Gasteiger partial charge is 0.314 e. The summed E-state index contributed by atoms with van der Waals surface area (Å²) in [6.07, 6.45) is 1.96. The Hall–Kier alpha value is -1.64. The van der Waals surface area contributed by atoms with Crippen molar-refractivity contribution in [3.05, 3.63) is 35.9 Å². The van der Waals surface area contributed by atoms with Crippen molar-refractivity contribution in [1.29, 1.82) is 0 Å². The Labute approximate surface area is 95.1 Å². The lowest BCUT2D eigenvalue weighted by molar-refractivity contribution is -0.146. The van der Waals surface area contributed by atoms with E-state index in [4.69, 9.17) is 5.11 Å². The molecule has 0 aliphatic rings. The van der Waals surface area contributed by atoms with Gasteiger partial charge in [0.05, 0.1) is 0 Å². The minimum absolute atomic E-state index is 0.263. The van der Waals surface area contributed by atoms with E-state index in [9.17, 15) is 9.59 Å². The van der Waals surface area contributed by atoms with Crippen molar-refractivity contribution >= 4 is 11.8 Å². The first kappa shape index (κ1) is 12.4. The summed E-state index contributed by atoms with van der Waals surface area (Å²) in [5.74, 6) is -2.12. The van der Waals surface area contributed by atoms with E-state index < -0.39 is 11.9 Å². The Kier molecular flexibility index (Phi) is 4.70. The molecule has 0 spiro atoms. The maximum atomic E-state index is 11.0. The molecule has 1 atom stereocenters. The van der Waals surface area contributed by atoms with E-state index in [-0.39, 0.29) is 5.78 Å². The lowest BCUT2D eigenvalue weighted by Crippen LogP contribution is -2.21. The number of benzene rings is 1. The van der Waals surface area contributed by atoms with Gasteiger partial charge in [-0.3, -0.25) is 9.59 Å². The molecule has 1 unspecified atom stereocenters. The molecule has 0 saturated heterocycles. The summed E-state index contributed by atoms with van der Waals surface area (Å²) in [7, 11) is 0. The Bertz CT molecular complexity index is 343. The van der Waals surface area contributed by atoms with Gasteiger partial charge >= 0.3 is 5.97 Å². The molecule has 0 aromatic heterocycles. The molecular weight excluding hydrogens is 204 g/mol. The molecule has 1 rings (SSSR count). The van der Waals surface area contributed by atoms with Crippen molar-refractivity contribution < 1.29 is 14.7 Å². The van der Waals surface area contributed by atoms with E-state index in [0.717, 1.165) is 12.8 Å². The summed E-state index contributed by atoms with van der Waals surface area (Å²) in [5.41, 5.74) is 1.18. The third-order valence-electron chi connectivity index (χ3n) is 2.59. The molecule has 0 aliphatic carbocycles. The zero-order valence-corrected chi connectivity index (χ0v) is 9.35. The van der Waals surface area contributed by atoms with Crippen LogP contribution in [0, 0.1) is 5.92 Å². The van der Waals surface area contributed by atoms with E-state index >= 15 is 0 Å².